The molecule has 1 heterocycles. The summed E-state index contributed by atoms with van der Waals surface area (Å²) >= 11 is 6.53. The van der Waals surface area contributed by atoms with Crippen molar-refractivity contribution in [2.75, 3.05) is 17.3 Å². The summed E-state index contributed by atoms with van der Waals surface area (Å²) in [5.74, 6) is -1.11. The molecule has 3 aromatic carbocycles. The summed E-state index contributed by atoms with van der Waals surface area (Å²) in [5, 5.41) is 3.53. The van der Waals surface area contributed by atoms with Crippen LogP contribution in [0.2, 0.25) is 5.02 Å². The van der Waals surface area contributed by atoms with Crippen molar-refractivity contribution in [1.82, 2.24) is 0 Å². The van der Waals surface area contributed by atoms with Gasteiger partial charge in [0.05, 0.1) is 5.92 Å². The van der Waals surface area contributed by atoms with Crippen LogP contribution in [-0.4, -0.2) is 18.9 Å². The molecule has 3 aromatic rings. The van der Waals surface area contributed by atoms with E-state index in [-0.39, 0.29) is 24.2 Å². The zero-order valence-corrected chi connectivity index (χ0v) is 17.7. The highest BCUT2D eigenvalue weighted by Crippen LogP contribution is 2.45. The van der Waals surface area contributed by atoms with Crippen LogP contribution in [0.15, 0.2) is 72.8 Å². The van der Waals surface area contributed by atoms with Crippen molar-refractivity contribution in [3.8, 4) is 0 Å². The summed E-state index contributed by atoms with van der Waals surface area (Å²) in [5.41, 5.74) is 4.50. The van der Waals surface area contributed by atoms with Crippen molar-refractivity contribution >= 4 is 34.8 Å². The first kappa shape index (κ1) is 20.2. The van der Waals surface area contributed by atoms with Gasteiger partial charge in [-0.05, 0) is 47.9 Å². The number of carbonyl (C=O) groups excluding carboxylic acids is 2. The molecule has 5 heteroatoms. The maximum atomic E-state index is 13.3. The minimum Gasteiger partial charge on any atom is -0.326 e. The van der Waals surface area contributed by atoms with Crippen LogP contribution in [0.5, 0.6) is 0 Å². The third-order valence-electron chi connectivity index (χ3n) is 5.63. The normalized spacial score (nSPS) is 18.1. The molecule has 152 valence electrons. The Balaban J connectivity index is 1.71. The van der Waals surface area contributed by atoms with E-state index in [1.807, 2.05) is 79.7 Å². The fourth-order valence-corrected chi connectivity index (χ4v) is 4.49. The predicted molar refractivity (Wildman–Crippen MR) is 121 cm³/mol. The summed E-state index contributed by atoms with van der Waals surface area (Å²) in [6.07, 6.45) is 0.0708. The summed E-state index contributed by atoms with van der Waals surface area (Å²) in [4.78, 5) is 27.9. The van der Waals surface area contributed by atoms with Gasteiger partial charge in [0.2, 0.25) is 11.8 Å². The molecule has 0 saturated carbocycles. The van der Waals surface area contributed by atoms with Gasteiger partial charge in [-0.3, -0.25) is 9.59 Å². The van der Waals surface area contributed by atoms with Gasteiger partial charge >= 0.3 is 0 Å². The third kappa shape index (κ3) is 3.83. The first-order valence-corrected chi connectivity index (χ1v) is 10.3. The minimum absolute atomic E-state index is 0.0708. The Bertz CT molecular complexity index is 1110. The zero-order valence-electron chi connectivity index (χ0n) is 16.9. The Kier molecular flexibility index (Phi) is 5.60. The third-order valence-corrected chi connectivity index (χ3v) is 5.97. The van der Waals surface area contributed by atoms with E-state index in [1.165, 1.54) is 0 Å². The number of aryl methyl sites for hydroxylation is 1. The molecule has 2 amide bonds. The Labute approximate surface area is 181 Å². The number of carbonyl (C=O) groups is 2. The van der Waals surface area contributed by atoms with Crippen molar-refractivity contribution in [3.05, 3.63) is 94.5 Å². The van der Waals surface area contributed by atoms with Crippen molar-refractivity contribution < 1.29 is 9.59 Å². The number of rotatable bonds is 4. The average molecular weight is 419 g/mol. The smallest absolute Gasteiger partial charge is 0.231 e. The number of amides is 2. The first-order chi connectivity index (χ1) is 14.5. The molecule has 4 rings (SSSR count). The molecule has 0 bridgehead atoms. The van der Waals surface area contributed by atoms with Crippen LogP contribution >= 0.6 is 11.6 Å². The molecule has 1 N–H and O–H groups in total. The van der Waals surface area contributed by atoms with E-state index in [0.29, 0.717) is 5.02 Å². The molecule has 0 radical (unpaired) electrons. The van der Waals surface area contributed by atoms with E-state index in [9.17, 15) is 9.59 Å². The maximum Gasteiger partial charge on any atom is 0.231 e. The van der Waals surface area contributed by atoms with Crippen LogP contribution in [0.3, 0.4) is 0 Å². The number of nitrogens with zero attached hydrogens (tertiary/aromatic N) is 1. The summed E-state index contributed by atoms with van der Waals surface area (Å²) in [7, 11) is 1.76. The van der Waals surface area contributed by atoms with Crippen molar-refractivity contribution in [2.24, 2.45) is 5.92 Å². The molecule has 2 atom stereocenters. The number of hydrogen-bond donors (Lipinski definition) is 1. The highest BCUT2D eigenvalue weighted by molar-refractivity contribution is 6.31. The van der Waals surface area contributed by atoms with Crippen molar-refractivity contribution in [1.29, 1.82) is 0 Å². The molecule has 2 unspecified atom stereocenters. The lowest BCUT2D eigenvalue weighted by Gasteiger charge is -2.38. The van der Waals surface area contributed by atoms with Gasteiger partial charge in [-0.1, -0.05) is 60.1 Å². The van der Waals surface area contributed by atoms with Crippen LogP contribution in [0.25, 0.3) is 0 Å². The molecule has 0 spiro atoms. The second kappa shape index (κ2) is 8.33. The van der Waals surface area contributed by atoms with E-state index in [4.69, 9.17) is 11.6 Å². The molecule has 30 heavy (non-hydrogen) atoms. The van der Waals surface area contributed by atoms with E-state index < -0.39 is 5.92 Å². The number of halogens is 1. The highest BCUT2D eigenvalue weighted by Gasteiger charge is 2.41. The SMILES string of the molecule is Cc1cccc(NC(=O)CC2C(=O)N(C)c3ccccc3C2c2ccccc2Cl)c1. The Morgan fingerprint density at radius 3 is 2.43 bits per heavy atom. The fourth-order valence-electron chi connectivity index (χ4n) is 4.23. The van der Waals surface area contributed by atoms with Crippen LogP contribution in [0.4, 0.5) is 11.4 Å². The standard InChI is InChI=1S/C25H23ClN2O2/c1-16-8-7-9-17(14-16)27-23(29)15-20-24(18-10-3-5-12-21(18)26)19-11-4-6-13-22(19)28(2)25(20)30/h3-14,20,24H,15H2,1-2H3,(H,27,29). The minimum atomic E-state index is -0.547. The lowest BCUT2D eigenvalue weighted by molar-refractivity contribution is -0.127. The summed E-state index contributed by atoms with van der Waals surface area (Å²) in [6, 6.07) is 23.0. The number of para-hydroxylation sites is 1. The van der Waals surface area contributed by atoms with Gasteiger partial charge in [-0.25, -0.2) is 0 Å². The predicted octanol–water partition coefficient (Wildman–Crippen LogP) is 5.40. The van der Waals surface area contributed by atoms with E-state index >= 15 is 0 Å². The largest absolute Gasteiger partial charge is 0.326 e. The lowest BCUT2D eigenvalue weighted by atomic mass is 9.75. The topological polar surface area (TPSA) is 49.4 Å². The molecule has 0 saturated heterocycles. The molecule has 1 aliphatic heterocycles. The summed E-state index contributed by atoms with van der Waals surface area (Å²) < 4.78 is 0. The summed E-state index contributed by atoms with van der Waals surface area (Å²) in [6.45, 7) is 1.97. The average Bonchev–Trinajstić information content (AvgIpc) is 2.73. The quantitative estimate of drug-likeness (QED) is 0.616. The van der Waals surface area contributed by atoms with Crippen LogP contribution in [0.1, 0.15) is 29.0 Å². The molecule has 1 aliphatic rings. The number of hydrogen-bond acceptors (Lipinski definition) is 2. The van der Waals surface area contributed by atoms with Gasteiger partial charge in [-0.2, -0.15) is 0 Å². The Morgan fingerprint density at radius 1 is 1.00 bits per heavy atom. The van der Waals surface area contributed by atoms with Crippen molar-refractivity contribution in [3.63, 3.8) is 0 Å². The number of benzene rings is 3. The van der Waals surface area contributed by atoms with Gasteiger partial charge in [0, 0.05) is 35.8 Å². The monoisotopic (exact) mass is 418 g/mol. The van der Waals surface area contributed by atoms with Crippen LogP contribution in [-0.2, 0) is 9.59 Å². The molecular weight excluding hydrogens is 396 g/mol. The second-order valence-electron chi connectivity index (χ2n) is 7.68. The molecule has 0 fully saturated rings. The van der Waals surface area contributed by atoms with Gasteiger partial charge in [0.25, 0.3) is 0 Å². The first-order valence-electron chi connectivity index (χ1n) is 9.93. The van der Waals surface area contributed by atoms with Gasteiger partial charge in [0.15, 0.2) is 0 Å². The molecule has 4 nitrogen and oxygen atoms in total. The zero-order chi connectivity index (χ0) is 21.3. The Morgan fingerprint density at radius 2 is 1.70 bits per heavy atom. The van der Waals surface area contributed by atoms with Gasteiger partial charge in [-0.15, -0.1) is 0 Å². The number of fused-ring (bicyclic) bond motifs is 1. The van der Waals surface area contributed by atoms with Crippen molar-refractivity contribution in [2.45, 2.75) is 19.3 Å². The lowest BCUT2D eigenvalue weighted by Crippen LogP contribution is -2.43. The van der Waals surface area contributed by atoms with E-state index in [2.05, 4.69) is 5.32 Å². The molecular formula is C25H23ClN2O2. The van der Waals surface area contributed by atoms with E-state index in [0.717, 1.165) is 28.1 Å². The van der Waals surface area contributed by atoms with E-state index in [1.54, 1.807) is 11.9 Å². The van der Waals surface area contributed by atoms with Gasteiger partial charge < -0.3 is 10.2 Å². The fraction of sp³-hybridized carbons (Fsp3) is 0.200. The molecule has 0 aliphatic carbocycles. The van der Waals surface area contributed by atoms with Gasteiger partial charge in [0.1, 0.15) is 0 Å². The number of nitrogens with one attached hydrogen (secondary N) is 1. The van der Waals surface area contributed by atoms with Crippen LogP contribution in [0, 0.1) is 12.8 Å². The maximum absolute atomic E-state index is 13.3. The molecule has 0 aromatic heterocycles. The Hall–Kier alpha value is -3.11. The highest BCUT2D eigenvalue weighted by atomic mass is 35.5. The van der Waals surface area contributed by atoms with Crippen LogP contribution < -0.4 is 10.2 Å². The second-order valence-corrected chi connectivity index (χ2v) is 8.09. The number of anilines is 2.